The third-order valence-corrected chi connectivity index (χ3v) is 5.95. The minimum Gasteiger partial charge on any atom is -1.00 e. The van der Waals surface area contributed by atoms with Crippen molar-refractivity contribution in [2.45, 2.75) is 114 Å². The summed E-state index contributed by atoms with van der Waals surface area (Å²) in [4.78, 5) is 85.3. The summed E-state index contributed by atoms with van der Waals surface area (Å²) in [5.74, 6) is -1.32. The number of aromatic nitrogens is 2. The van der Waals surface area contributed by atoms with Crippen molar-refractivity contribution in [1.82, 2.24) is 15.3 Å². The summed E-state index contributed by atoms with van der Waals surface area (Å²) in [5, 5.41) is 22.4. The number of anilines is 2. The monoisotopic (exact) mass is 889 g/mol. The fraction of sp³-hybridized carbons (Fsp3) is 0.500. The van der Waals surface area contributed by atoms with Crippen molar-refractivity contribution >= 4 is 64.8 Å². The Labute approximate surface area is 431 Å². The average Bonchev–Trinajstić information content (AvgIpc) is 3.03. The fourth-order valence-electron chi connectivity index (χ4n) is 3.72. The van der Waals surface area contributed by atoms with Crippen LogP contribution in [0, 0.1) is 39.0 Å². The van der Waals surface area contributed by atoms with Gasteiger partial charge in [-0.15, -0.1) is 0 Å². The quantitative estimate of drug-likeness (QED) is 0.0314. The summed E-state index contributed by atoms with van der Waals surface area (Å²) in [6.07, 6.45) is -1.09. The number of pyridine rings is 2. The van der Waals surface area contributed by atoms with Crippen molar-refractivity contribution in [3.8, 4) is 6.07 Å². The third kappa shape index (κ3) is 33.4. The van der Waals surface area contributed by atoms with Crippen LogP contribution in [0.3, 0.4) is 0 Å². The molecule has 0 aliphatic rings. The van der Waals surface area contributed by atoms with E-state index in [1.54, 1.807) is 52.8 Å². The Balaban J connectivity index is -0.000000173. The Morgan fingerprint density at radius 3 is 1.48 bits per heavy atom. The van der Waals surface area contributed by atoms with Crippen LogP contribution in [-0.4, -0.2) is 69.3 Å². The zero-order chi connectivity index (χ0) is 44.4. The summed E-state index contributed by atoms with van der Waals surface area (Å²) >= 11 is 4.69. The van der Waals surface area contributed by atoms with Crippen LogP contribution in [-0.2, 0) is 56.2 Å². The van der Waals surface area contributed by atoms with Gasteiger partial charge in [0.15, 0.2) is 0 Å². The summed E-state index contributed by atoms with van der Waals surface area (Å²) in [6.45, 7) is 23.1. The summed E-state index contributed by atoms with van der Waals surface area (Å²) in [7, 11) is 0. The number of hydrogen-bond acceptors (Lipinski definition) is 16. The van der Waals surface area contributed by atoms with Gasteiger partial charge in [0.2, 0.25) is 5.78 Å². The van der Waals surface area contributed by atoms with Gasteiger partial charge >= 0.3 is 126 Å². The minimum atomic E-state index is -1.08. The molecule has 0 unspecified atom stereocenters. The Hall–Kier alpha value is -2.44. The van der Waals surface area contributed by atoms with Gasteiger partial charge in [0.1, 0.15) is 22.8 Å². The maximum Gasteiger partial charge on any atom is 1.00 e. The van der Waals surface area contributed by atoms with Crippen LogP contribution in [0.25, 0.3) is 0 Å². The molecule has 0 aliphatic heterocycles. The molecule has 5 N–H and O–H groups in total. The van der Waals surface area contributed by atoms with E-state index in [1.165, 1.54) is 13.8 Å². The first-order valence-electron chi connectivity index (χ1n) is 16.6. The zero-order valence-corrected chi connectivity index (χ0v) is 43.1. The van der Waals surface area contributed by atoms with Crippen LogP contribution in [0.1, 0.15) is 97.4 Å². The summed E-state index contributed by atoms with van der Waals surface area (Å²) in [5.41, 5.74) is 9.65. The van der Waals surface area contributed by atoms with E-state index in [-0.39, 0.29) is 124 Å². The number of ketones is 1. The number of nitriles is 1. The van der Waals surface area contributed by atoms with Gasteiger partial charge in [-0.3, -0.25) is 29.8 Å². The van der Waals surface area contributed by atoms with Crippen LogP contribution < -0.4 is 130 Å². The van der Waals surface area contributed by atoms with E-state index in [0.717, 1.165) is 27.9 Å². The third-order valence-electron chi connectivity index (χ3n) is 5.79. The predicted molar refractivity (Wildman–Crippen MR) is 205 cm³/mol. The van der Waals surface area contributed by atoms with Gasteiger partial charge in [-0.2, -0.15) is 5.26 Å². The van der Waals surface area contributed by atoms with Crippen molar-refractivity contribution in [3.05, 3.63) is 45.8 Å². The van der Waals surface area contributed by atoms with E-state index in [4.69, 9.17) is 42.1 Å². The van der Waals surface area contributed by atoms with Crippen LogP contribution in [0.4, 0.5) is 21.2 Å². The number of ether oxygens (including phenoxy) is 3. The topological polar surface area (TPSA) is 291 Å². The molecule has 0 atom stereocenters. The summed E-state index contributed by atoms with van der Waals surface area (Å²) < 4.78 is 14.5. The maximum atomic E-state index is 11.8. The molecule has 314 valence electrons. The Kier molecular flexibility index (Phi) is 38.3. The second-order valence-corrected chi connectivity index (χ2v) is 13.2. The molecular weight excluding hydrogens is 836 g/mol. The van der Waals surface area contributed by atoms with Crippen molar-refractivity contribution in [3.63, 3.8) is 0 Å². The van der Waals surface area contributed by atoms with E-state index >= 15 is 0 Å². The molecule has 2 heterocycles. The first kappa shape index (κ1) is 64.7. The predicted octanol–water partition coefficient (Wildman–Crippen LogP) is -1.85. The maximum absolute atomic E-state index is 11.8. The van der Waals surface area contributed by atoms with Crippen molar-refractivity contribution in [2.24, 2.45) is 5.73 Å². The van der Waals surface area contributed by atoms with Crippen molar-refractivity contribution in [1.29, 1.82) is 5.26 Å². The molecule has 2 aromatic heterocycles. The van der Waals surface area contributed by atoms with Gasteiger partial charge in [-0.05, 0) is 122 Å². The zero-order valence-electron chi connectivity index (χ0n) is 37.0. The number of nitrogens with two attached hydrogens (primary N) is 1. The molecule has 0 saturated carbocycles. The Morgan fingerprint density at radius 2 is 1.24 bits per heavy atom. The number of aryl methyl sites for hydroxylation is 4. The smallest absolute Gasteiger partial charge is 1.00 e. The molecule has 19 nitrogen and oxygen atoms in total. The molecule has 0 aromatic carbocycles. The molecule has 22 heteroatoms. The number of amides is 3. The molecule has 2 rings (SSSR count). The SMILES string of the molecule is CC#N.CC(=O)C(=O)NCc1c(C)cc(NC(=O)OC(C)(C)C)nc1C.CCOC(=O)C(=O)Cl.Cc1cc(NC(=O)OC(C)(C)C)nc(C)c1CN.O=CO[O-].[H-].[K+].[K+]. The number of hydrogen-bond donors (Lipinski definition) is 4. The van der Waals surface area contributed by atoms with E-state index in [0.29, 0.717) is 23.9 Å². The molecule has 0 spiro atoms. The van der Waals surface area contributed by atoms with Crippen LogP contribution in [0.2, 0.25) is 0 Å². The molecule has 58 heavy (non-hydrogen) atoms. The number of carbonyl (C=O) groups excluding carboxylic acids is 7. The van der Waals surface area contributed by atoms with E-state index < -0.39 is 46.3 Å². The number of nitrogens with one attached hydrogen (secondary N) is 3. The normalized spacial score (nSPS) is 9.43. The number of nitrogens with zero attached hydrogens (tertiary/aromatic N) is 3. The molecule has 2 aromatic rings. The summed E-state index contributed by atoms with van der Waals surface area (Å²) in [6, 6.07) is 5.23. The number of esters is 1. The van der Waals surface area contributed by atoms with Crippen molar-refractivity contribution in [2.75, 3.05) is 17.2 Å². The molecular formula is C36H54ClK2N7O12. The number of carbonyl (C=O) groups is 7. The number of halogens is 1. The standard InChI is InChI=1S/C16H23N3O4.C13H21N3O2.C4H5ClO3.C2H3N.CH2O3.2K.H/c1-9-7-13(19-15(22)23-16(4,5)6)18-10(2)12(9)8-17-14(21)11(3)20;1-8-6-11(15-9(2)10(8)7-14)16-12(17)18-13(3,4)5;1-2-8-4(7)3(5)6;1-2-3;2-1-4-3;;;/h7H,8H2,1-6H3,(H,17,21)(H,18,19,22);6H,7,14H2,1-5H3,(H,15,16,17);2H2,1H3;1H3;1,3H;;;/q;;;;;2*+1;-1/p-1. The Bertz CT molecular complexity index is 1660. The average molecular weight is 891 g/mol. The molecule has 0 saturated heterocycles. The molecule has 0 radical (unpaired) electrons. The van der Waals surface area contributed by atoms with Gasteiger partial charge in [0.05, 0.1) is 12.7 Å². The van der Waals surface area contributed by atoms with E-state index in [2.05, 4.69) is 35.5 Å². The minimum absolute atomic E-state index is 0. The fourth-order valence-corrected chi connectivity index (χ4v) is 3.77. The van der Waals surface area contributed by atoms with Gasteiger partial charge < -0.3 is 36.8 Å². The second-order valence-electron chi connectivity index (χ2n) is 12.9. The van der Waals surface area contributed by atoms with Crippen LogP contribution in [0.5, 0.6) is 0 Å². The molecule has 0 aliphatic carbocycles. The largest absolute Gasteiger partial charge is 1.00 e. The first-order valence-corrected chi connectivity index (χ1v) is 16.9. The number of rotatable bonds is 9. The second kappa shape index (κ2) is 34.3. The first-order chi connectivity index (χ1) is 25.7. The van der Waals surface area contributed by atoms with Gasteiger partial charge in [-0.25, -0.2) is 24.4 Å². The Morgan fingerprint density at radius 1 is 0.879 bits per heavy atom. The van der Waals surface area contributed by atoms with Crippen LogP contribution >= 0.6 is 11.6 Å². The van der Waals surface area contributed by atoms with Crippen LogP contribution in [0.15, 0.2) is 12.1 Å². The number of Topliss-reactive ketones (excluding diaryl/α,β-unsaturated/α-hetero) is 1. The van der Waals surface area contributed by atoms with E-state index in [9.17, 15) is 28.8 Å². The molecule has 0 bridgehead atoms. The van der Waals surface area contributed by atoms with E-state index in [1.807, 2.05) is 41.5 Å². The van der Waals surface area contributed by atoms with Gasteiger partial charge in [0.25, 0.3) is 12.4 Å². The van der Waals surface area contributed by atoms with Gasteiger partial charge in [0, 0.05) is 38.3 Å². The molecule has 0 fully saturated rings. The van der Waals surface area contributed by atoms with Crippen molar-refractivity contribution < 1.29 is 162 Å². The van der Waals surface area contributed by atoms with Gasteiger partial charge in [-0.1, -0.05) is 0 Å². The molecule has 3 amide bonds.